The van der Waals surface area contributed by atoms with Crippen LogP contribution in [0, 0.1) is 0 Å². The fourth-order valence-electron chi connectivity index (χ4n) is 7.10. The van der Waals surface area contributed by atoms with Crippen LogP contribution in [0.3, 0.4) is 0 Å². The van der Waals surface area contributed by atoms with E-state index in [4.69, 9.17) is 15.7 Å². The van der Waals surface area contributed by atoms with E-state index in [1.54, 1.807) is 18.3 Å². The van der Waals surface area contributed by atoms with E-state index < -0.39 is 0 Å². The Morgan fingerprint density at radius 3 is 2.33 bits per heavy atom. The minimum absolute atomic E-state index is 0.0425. The molecule has 9 nitrogen and oxygen atoms in total. The Morgan fingerprint density at radius 1 is 0.848 bits per heavy atom. The summed E-state index contributed by atoms with van der Waals surface area (Å²) >= 11 is 0. The average molecular weight is 608 g/mol. The molecule has 0 spiro atoms. The summed E-state index contributed by atoms with van der Waals surface area (Å²) in [5.41, 5.74) is 14.0. The van der Waals surface area contributed by atoms with Gasteiger partial charge in [-0.2, -0.15) is 0 Å². The van der Waals surface area contributed by atoms with Gasteiger partial charge in [0.25, 0.3) is 0 Å². The summed E-state index contributed by atoms with van der Waals surface area (Å²) in [5.74, 6) is 1.16. The zero-order valence-corrected chi connectivity index (χ0v) is 25.2. The molecule has 8 rings (SSSR count). The molecule has 0 aliphatic carbocycles. The number of likely N-dealkylation sites (tertiary alicyclic amines) is 1. The third kappa shape index (κ3) is 4.95. The van der Waals surface area contributed by atoms with Gasteiger partial charge in [0.15, 0.2) is 17.8 Å². The standard InChI is InChI=1S/C37H33N7O2/c38-35-31(7-4-18-39-35)36-41-33-17-16-32(25-5-2-1-3-6-25)40-37(33)44(36)27-11-8-24(9-12-27)20-42-21-29-14-15-30(22-42)43(29)28-13-10-26(23-45)34(46)19-28/h1-13,16-19,23,29-30,46H,14-15,20-22H2,(H2,38,39). The number of hydrogen-bond acceptors (Lipinski definition) is 8. The van der Waals surface area contributed by atoms with E-state index in [0.717, 1.165) is 71.8 Å². The summed E-state index contributed by atoms with van der Waals surface area (Å²) < 4.78 is 2.07. The number of phenolic OH excluding ortho intramolecular Hbond substituents is 1. The van der Waals surface area contributed by atoms with E-state index in [0.29, 0.717) is 35.6 Å². The van der Waals surface area contributed by atoms with Crippen molar-refractivity contribution in [2.75, 3.05) is 23.7 Å². The summed E-state index contributed by atoms with van der Waals surface area (Å²) in [6.45, 7) is 2.73. The first kappa shape index (κ1) is 28.0. The molecule has 2 fully saturated rings. The summed E-state index contributed by atoms with van der Waals surface area (Å²) in [6.07, 6.45) is 4.61. The molecule has 2 bridgehead atoms. The van der Waals surface area contributed by atoms with E-state index in [2.05, 4.69) is 55.7 Å². The van der Waals surface area contributed by atoms with Crippen LogP contribution in [-0.2, 0) is 6.54 Å². The molecule has 0 radical (unpaired) electrons. The van der Waals surface area contributed by atoms with Gasteiger partial charge in [0.05, 0.1) is 16.8 Å². The molecule has 2 saturated heterocycles. The number of imidazole rings is 1. The van der Waals surface area contributed by atoms with E-state index in [1.807, 2.05) is 48.5 Å². The number of aromatic nitrogens is 4. The molecule has 5 heterocycles. The van der Waals surface area contributed by atoms with Crippen molar-refractivity contribution in [1.29, 1.82) is 0 Å². The predicted octanol–water partition coefficient (Wildman–Crippen LogP) is 6.10. The monoisotopic (exact) mass is 607 g/mol. The predicted molar refractivity (Wildman–Crippen MR) is 180 cm³/mol. The molecule has 3 aromatic heterocycles. The molecule has 0 amide bonds. The molecule has 46 heavy (non-hydrogen) atoms. The smallest absolute Gasteiger partial charge is 0.165 e. The largest absolute Gasteiger partial charge is 0.507 e. The normalized spacial score (nSPS) is 17.9. The maximum atomic E-state index is 11.2. The Balaban J connectivity index is 1.08. The second kappa shape index (κ2) is 11.4. The van der Waals surface area contributed by atoms with Crippen molar-refractivity contribution in [2.45, 2.75) is 31.5 Å². The highest BCUT2D eigenvalue weighted by Crippen LogP contribution is 2.37. The highest BCUT2D eigenvalue weighted by molar-refractivity contribution is 5.84. The minimum Gasteiger partial charge on any atom is -0.507 e. The van der Waals surface area contributed by atoms with Gasteiger partial charge in [0, 0.05) is 60.9 Å². The maximum absolute atomic E-state index is 11.2. The number of pyridine rings is 2. The zero-order valence-electron chi connectivity index (χ0n) is 25.2. The molecular weight excluding hydrogens is 574 g/mol. The number of nitrogens with two attached hydrogens (primary N) is 1. The quantitative estimate of drug-likeness (QED) is 0.209. The van der Waals surface area contributed by atoms with Crippen molar-refractivity contribution in [2.24, 2.45) is 0 Å². The van der Waals surface area contributed by atoms with E-state index in [1.165, 1.54) is 5.56 Å². The third-order valence-electron chi connectivity index (χ3n) is 9.25. The number of carbonyl (C=O) groups is 1. The van der Waals surface area contributed by atoms with Crippen molar-refractivity contribution in [3.8, 4) is 34.1 Å². The van der Waals surface area contributed by atoms with Crippen molar-refractivity contribution >= 4 is 29.0 Å². The highest BCUT2D eigenvalue weighted by atomic mass is 16.3. The molecule has 2 unspecified atom stereocenters. The number of benzene rings is 3. The average Bonchev–Trinajstić information content (AvgIpc) is 3.59. The van der Waals surface area contributed by atoms with Gasteiger partial charge >= 0.3 is 0 Å². The molecule has 9 heteroatoms. The van der Waals surface area contributed by atoms with Gasteiger partial charge in [-0.3, -0.25) is 14.3 Å². The van der Waals surface area contributed by atoms with Crippen LogP contribution in [0.25, 0.3) is 39.5 Å². The number of anilines is 2. The lowest BCUT2D eigenvalue weighted by Crippen LogP contribution is -2.53. The molecule has 2 atom stereocenters. The van der Waals surface area contributed by atoms with Gasteiger partial charge in [0.1, 0.15) is 17.1 Å². The minimum atomic E-state index is 0.0425. The Hall–Kier alpha value is -5.54. The molecular formula is C37H33N7O2. The second-order valence-electron chi connectivity index (χ2n) is 12.1. The van der Waals surface area contributed by atoms with Gasteiger partial charge in [-0.05, 0) is 66.9 Å². The number of carbonyl (C=O) groups excluding carboxylic acids is 1. The summed E-state index contributed by atoms with van der Waals surface area (Å²) in [7, 11) is 0. The van der Waals surface area contributed by atoms with Crippen molar-refractivity contribution in [3.63, 3.8) is 0 Å². The molecule has 0 saturated carbocycles. The van der Waals surface area contributed by atoms with E-state index in [-0.39, 0.29) is 5.75 Å². The molecule has 2 aliphatic heterocycles. The van der Waals surface area contributed by atoms with Crippen molar-refractivity contribution in [3.05, 3.63) is 114 Å². The molecule has 3 aromatic carbocycles. The lowest BCUT2D eigenvalue weighted by atomic mass is 10.1. The molecule has 6 aromatic rings. The number of nitrogens with zero attached hydrogens (tertiary/aromatic N) is 6. The Bertz CT molecular complexity index is 2040. The van der Waals surface area contributed by atoms with E-state index >= 15 is 0 Å². The summed E-state index contributed by atoms with van der Waals surface area (Å²) in [4.78, 5) is 30.5. The first-order valence-corrected chi connectivity index (χ1v) is 15.6. The summed E-state index contributed by atoms with van der Waals surface area (Å²) in [6, 6.07) is 32.7. The Morgan fingerprint density at radius 2 is 1.61 bits per heavy atom. The third-order valence-corrected chi connectivity index (χ3v) is 9.25. The Labute approximate surface area is 266 Å². The van der Waals surface area contributed by atoms with Crippen LogP contribution >= 0.6 is 0 Å². The van der Waals surface area contributed by atoms with Crippen LogP contribution < -0.4 is 10.6 Å². The van der Waals surface area contributed by atoms with Crippen LogP contribution in [0.4, 0.5) is 11.5 Å². The van der Waals surface area contributed by atoms with Gasteiger partial charge in [-0.1, -0.05) is 42.5 Å². The van der Waals surface area contributed by atoms with Gasteiger partial charge < -0.3 is 15.7 Å². The first-order chi connectivity index (χ1) is 22.6. The van der Waals surface area contributed by atoms with E-state index in [9.17, 15) is 9.90 Å². The lowest BCUT2D eigenvalue weighted by Gasteiger charge is -2.42. The fraction of sp³-hybridized carbons (Fsp3) is 0.189. The molecule has 3 N–H and O–H groups in total. The van der Waals surface area contributed by atoms with Crippen LogP contribution in [-0.4, -0.2) is 61.0 Å². The van der Waals surface area contributed by atoms with Gasteiger partial charge in [-0.15, -0.1) is 0 Å². The number of fused-ring (bicyclic) bond motifs is 3. The number of phenols is 1. The zero-order chi connectivity index (χ0) is 31.2. The first-order valence-electron chi connectivity index (χ1n) is 15.6. The summed E-state index contributed by atoms with van der Waals surface area (Å²) in [5, 5.41) is 10.3. The topological polar surface area (TPSA) is 113 Å². The second-order valence-corrected chi connectivity index (χ2v) is 12.1. The SMILES string of the molecule is Nc1ncccc1-c1nc2ccc(-c3ccccc3)nc2n1-c1ccc(CN2CC3CCC(C2)N3c2ccc(C=O)c(O)c2)cc1. The molecule has 228 valence electrons. The number of rotatable bonds is 7. The van der Waals surface area contributed by atoms with Gasteiger partial charge in [0.2, 0.25) is 0 Å². The number of nitrogen functional groups attached to an aromatic ring is 1. The fourth-order valence-corrected chi connectivity index (χ4v) is 7.10. The van der Waals surface area contributed by atoms with Crippen molar-refractivity contribution < 1.29 is 9.90 Å². The lowest BCUT2D eigenvalue weighted by molar-refractivity contribution is 0.112. The van der Waals surface area contributed by atoms with Crippen LogP contribution in [0.2, 0.25) is 0 Å². The number of aldehydes is 1. The highest BCUT2D eigenvalue weighted by Gasteiger charge is 2.40. The van der Waals surface area contributed by atoms with Crippen LogP contribution in [0.1, 0.15) is 28.8 Å². The van der Waals surface area contributed by atoms with Crippen molar-refractivity contribution in [1.82, 2.24) is 24.4 Å². The Kier molecular flexibility index (Phi) is 6.95. The van der Waals surface area contributed by atoms with Crippen LogP contribution in [0.5, 0.6) is 5.75 Å². The molecule has 2 aliphatic rings. The number of hydrogen-bond donors (Lipinski definition) is 2. The number of piperazine rings is 1. The van der Waals surface area contributed by atoms with Gasteiger partial charge in [-0.25, -0.2) is 15.0 Å². The number of aromatic hydroxyl groups is 1. The maximum Gasteiger partial charge on any atom is 0.165 e. The van der Waals surface area contributed by atoms with Crippen LogP contribution in [0.15, 0.2) is 103 Å².